The second kappa shape index (κ2) is 5.23. The third kappa shape index (κ3) is 2.04. The minimum absolute atomic E-state index is 0.0138. The van der Waals surface area contributed by atoms with Crippen LogP contribution >= 0.6 is 0 Å². The van der Waals surface area contributed by atoms with Crippen molar-refractivity contribution in [1.29, 1.82) is 0 Å². The molecule has 142 valence electrons. The van der Waals surface area contributed by atoms with Gasteiger partial charge in [0.1, 0.15) is 0 Å². The summed E-state index contributed by atoms with van der Waals surface area (Å²) in [7, 11) is 0. The third-order valence-electron chi connectivity index (χ3n) is 9.53. The van der Waals surface area contributed by atoms with Gasteiger partial charge in [-0.05, 0) is 93.8 Å². The fraction of sp³-hybridized carbons (Fsp3) is 1.00. The zero-order valence-electron chi connectivity index (χ0n) is 16.4. The molecule has 1 N–H and O–H groups in total. The molecule has 0 unspecified atom stereocenters. The second-order valence-electron chi connectivity index (χ2n) is 10.7. The van der Waals surface area contributed by atoms with Crippen molar-refractivity contribution >= 4 is 0 Å². The summed E-state index contributed by atoms with van der Waals surface area (Å²) in [5.74, 6) is 1.94. The molecule has 3 nitrogen and oxygen atoms in total. The molecule has 4 saturated carbocycles. The zero-order valence-corrected chi connectivity index (χ0v) is 16.4. The Labute approximate surface area is 152 Å². The van der Waals surface area contributed by atoms with E-state index in [4.69, 9.17) is 9.47 Å². The van der Waals surface area contributed by atoms with Gasteiger partial charge in [0.05, 0.1) is 12.2 Å². The minimum atomic E-state index is -0.452. The van der Waals surface area contributed by atoms with Gasteiger partial charge >= 0.3 is 0 Å². The summed E-state index contributed by atoms with van der Waals surface area (Å²) in [5, 5.41) is 11.1. The SMILES string of the molecule is CCO[C@@H]1OC[C@@]2(C)CCC[C@@]13[C@@H]2CC[C@@]12C[C@@H](CC[C@H]13)[C@](C)(O)C2. The van der Waals surface area contributed by atoms with E-state index in [9.17, 15) is 5.11 Å². The number of hydrogen-bond acceptors (Lipinski definition) is 3. The van der Waals surface area contributed by atoms with Gasteiger partial charge in [-0.3, -0.25) is 0 Å². The van der Waals surface area contributed by atoms with Gasteiger partial charge in [-0.1, -0.05) is 13.3 Å². The fourth-order valence-electron chi connectivity index (χ4n) is 8.85. The van der Waals surface area contributed by atoms with Crippen LogP contribution in [0.2, 0.25) is 0 Å². The lowest BCUT2D eigenvalue weighted by molar-refractivity contribution is -0.341. The van der Waals surface area contributed by atoms with E-state index in [0.29, 0.717) is 22.7 Å². The molecular weight excluding hydrogens is 312 g/mol. The van der Waals surface area contributed by atoms with Crippen LogP contribution in [-0.2, 0) is 9.47 Å². The molecule has 0 aromatic rings. The number of ether oxygens (including phenoxy) is 2. The van der Waals surface area contributed by atoms with E-state index in [1.165, 1.54) is 51.4 Å². The van der Waals surface area contributed by atoms with E-state index in [1.807, 2.05) is 0 Å². The van der Waals surface area contributed by atoms with Crippen LogP contribution in [0.15, 0.2) is 0 Å². The first-order valence-electron chi connectivity index (χ1n) is 10.8. The van der Waals surface area contributed by atoms with Gasteiger partial charge in [-0.15, -0.1) is 0 Å². The van der Waals surface area contributed by atoms with E-state index < -0.39 is 5.60 Å². The standard InChI is InChI=1S/C22H36O3/c1-4-24-18-22-10-5-9-19(2,14-25-18)16(22)8-11-21-12-15(6-7-17(21)22)20(3,23)13-21/h15-18,23H,4-14H2,1-3H3/t15-,16-,17-,18-,19-,20-,21+,22+/m1/s1. The summed E-state index contributed by atoms with van der Waals surface area (Å²) < 4.78 is 12.8. The van der Waals surface area contributed by atoms with E-state index in [2.05, 4.69) is 20.8 Å². The van der Waals surface area contributed by atoms with Crippen LogP contribution in [0.4, 0.5) is 0 Å². The highest BCUT2D eigenvalue weighted by Gasteiger charge is 2.71. The Morgan fingerprint density at radius 3 is 2.72 bits per heavy atom. The molecule has 5 rings (SSSR count). The van der Waals surface area contributed by atoms with E-state index >= 15 is 0 Å². The number of hydrogen-bond donors (Lipinski definition) is 1. The van der Waals surface area contributed by atoms with Crippen molar-refractivity contribution in [3.63, 3.8) is 0 Å². The van der Waals surface area contributed by atoms with Crippen molar-refractivity contribution < 1.29 is 14.6 Å². The molecule has 3 heteroatoms. The van der Waals surface area contributed by atoms with Crippen molar-refractivity contribution in [2.45, 2.75) is 90.4 Å². The molecule has 4 bridgehead atoms. The van der Waals surface area contributed by atoms with Gasteiger partial charge in [0, 0.05) is 12.0 Å². The monoisotopic (exact) mass is 348 g/mol. The zero-order chi connectivity index (χ0) is 17.5. The topological polar surface area (TPSA) is 38.7 Å². The second-order valence-corrected chi connectivity index (χ2v) is 10.7. The van der Waals surface area contributed by atoms with Crippen molar-refractivity contribution in [3.8, 4) is 0 Å². The lowest BCUT2D eigenvalue weighted by Crippen LogP contribution is -2.67. The molecule has 1 spiro atoms. The maximum absolute atomic E-state index is 11.1. The van der Waals surface area contributed by atoms with Crippen molar-refractivity contribution in [1.82, 2.24) is 0 Å². The summed E-state index contributed by atoms with van der Waals surface area (Å²) in [4.78, 5) is 0. The first kappa shape index (κ1) is 17.0. The van der Waals surface area contributed by atoms with Crippen molar-refractivity contribution in [2.24, 2.45) is 34.0 Å². The third-order valence-corrected chi connectivity index (χ3v) is 9.53. The maximum atomic E-state index is 11.1. The highest BCUT2D eigenvalue weighted by Crippen LogP contribution is 2.75. The largest absolute Gasteiger partial charge is 0.390 e. The first-order chi connectivity index (χ1) is 11.9. The lowest BCUT2D eigenvalue weighted by Gasteiger charge is -2.69. The van der Waals surface area contributed by atoms with Crippen LogP contribution in [-0.4, -0.2) is 30.2 Å². The molecule has 1 heterocycles. The molecule has 4 aliphatic carbocycles. The van der Waals surface area contributed by atoms with Crippen LogP contribution in [0.1, 0.15) is 78.6 Å². The molecule has 0 aromatic heterocycles. The summed E-state index contributed by atoms with van der Waals surface area (Å²) in [6.45, 7) is 8.34. The minimum Gasteiger partial charge on any atom is -0.390 e. The Morgan fingerprint density at radius 2 is 1.92 bits per heavy atom. The quantitative estimate of drug-likeness (QED) is 0.797. The van der Waals surface area contributed by atoms with Crippen LogP contribution < -0.4 is 0 Å². The van der Waals surface area contributed by atoms with Gasteiger partial charge in [0.25, 0.3) is 0 Å². The first-order valence-corrected chi connectivity index (χ1v) is 10.8. The number of rotatable bonds is 2. The van der Waals surface area contributed by atoms with Crippen LogP contribution in [0, 0.1) is 34.0 Å². The average Bonchev–Trinajstić information content (AvgIpc) is 2.74. The van der Waals surface area contributed by atoms with Gasteiger partial charge in [-0.25, -0.2) is 0 Å². The highest BCUT2D eigenvalue weighted by atomic mass is 16.7. The van der Waals surface area contributed by atoms with Gasteiger partial charge in [-0.2, -0.15) is 0 Å². The van der Waals surface area contributed by atoms with Crippen molar-refractivity contribution in [2.75, 3.05) is 13.2 Å². The van der Waals surface area contributed by atoms with Gasteiger partial charge in [0.2, 0.25) is 0 Å². The van der Waals surface area contributed by atoms with E-state index in [1.54, 1.807) is 0 Å². The molecule has 5 aliphatic rings. The summed E-state index contributed by atoms with van der Waals surface area (Å²) in [6.07, 6.45) is 11.3. The maximum Gasteiger partial charge on any atom is 0.163 e. The molecule has 0 aromatic carbocycles. The summed E-state index contributed by atoms with van der Waals surface area (Å²) >= 11 is 0. The lowest BCUT2D eigenvalue weighted by atomic mass is 9.39. The van der Waals surface area contributed by atoms with Crippen molar-refractivity contribution in [3.05, 3.63) is 0 Å². The van der Waals surface area contributed by atoms with Crippen LogP contribution in [0.3, 0.4) is 0 Å². The predicted octanol–water partition coefficient (Wildman–Crippen LogP) is 4.52. The molecule has 25 heavy (non-hydrogen) atoms. The average molecular weight is 349 g/mol. The Balaban J connectivity index is 1.61. The van der Waals surface area contributed by atoms with Gasteiger partial charge in [0.15, 0.2) is 6.29 Å². The Bertz CT molecular complexity index is 559. The smallest absolute Gasteiger partial charge is 0.163 e. The molecular formula is C22H36O3. The van der Waals surface area contributed by atoms with E-state index in [0.717, 1.165) is 25.6 Å². The molecule has 5 fully saturated rings. The number of aliphatic hydroxyl groups is 1. The van der Waals surface area contributed by atoms with Gasteiger partial charge < -0.3 is 14.6 Å². The summed E-state index contributed by atoms with van der Waals surface area (Å²) in [6, 6.07) is 0. The summed E-state index contributed by atoms with van der Waals surface area (Å²) in [5.41, 5.74) is 0.431. The fourth-order valence-corrected chi connectivity index (χ4v) is 8.85. The molecule has 0 amide bonds. The molecule has 8 atom stereocenters. The van der Waals surface area contributed by atoms with E-state index in [-0.39, 0.29) is 11.7 Å². The molecule has 0 radical (unpaired) electrons. The predicted molar refractivity (Wildman–Crippen MR) is 97.0 cm³/mol. The van der Waals surface area contributed by atoms with Crippen LogP contribution in [0.5, 0.6) is 0 Å². The Kier molecular flexibility index (Phi) is 3.56. The number of fused-ring (bicyclic) bond motifs is 1. The molecule has 1 saturated heterocycles. The highest BCUT2D eigenvalue weighted by molar-refractivity contribution is 5.19. The Morgan fingerprint density at radius 1 is 1.08 bits per heavy atom. The molecule has 1 aliphatic heterocycles. The normalized spacial score (nSPS) is 60.0. The Hall–Kier alpha value is -0.120. The van der Waals surface area contributed by atoms with Crippen LogP contribution in [0.25, 0.3) is 0 Å².